The third-order valence-corrected chi connectivity index (χ3v) is 4.07. The van der Waals surface area contributed by atoms with Crippen LogP contribution < -0.4 is 15.4 Å². The molecule has 4 heteroatoms. The standard InChI is InChI=1S/C16H24N2O2/c1-10-5-6-15(20-4)14(9-10)12(3)18-16(19)13-7-8-17-11(13)2/h5-6,9,11-13,17H,7-8H2,1-4H3,(H,18,19). The first-order chi connectivity index (χ1) is 9.52. The minimum atomic E-state index is -0.0508. The minimum absolute atomic E-state index is 0.0508. The van der Waals surface area contributed by atoms with Crippen molar-refractivity contribution >= 4 is 5.91 Å². The second kappa shape index (κ2) is 6.27. The lowest BCUT2D eigenvalue weighted by Gasteiger charge is -2.21. The van der Waals surface area contributed by atoms with E-state index in [1.165, 1.54) is 0 Å². The fraction of sp³-hybridized carbons (Fsp3) is 0.562. The van der Waals surface area contributed by atoms with Crippen molar-refractivity contribution in [1.82, 2.24) is 10.6 Å². The molecule has 0 spiro atoms. The molecule has 0 bridgehead atoms. The van der Waals surface area contributed by atoms with E-state index in [0.29, 0.717) is 0 Å². The lowest BCUT2D eigenvalue weighted by Crippen LogP contribution is -2.38. The summed E-state index contributed by atoms with van der Waals surface area (Å²) in [5.41, 5.74) is 2.19. The molecule has 2 rings (SSSR count). The Balaban J connectivity index is 2.09. The van der Waals surface area contributed by atoms with Gasteiger partial charge in [-0.3, -0.25) is 4.79 Å². The van der Waals surface area contributed by atoms with Crippen LogP contribution in [0.25, 0.3) is 0 Å². The van der Waals surface area contributed by atoms with Crippen molar-refractivity contribution in [3.63, 3.8) is 0 Å². The first-order valence-corrected chi connectivity index (χ1v) is 7.21. The monoisotopic (exact) mass is 276 g/mol. The summed E-state index contributed by atoms with van der Waals surface area (Å²) >= 11 is 0. The Kier molecular flexibility index (Phi) is 4.65. The predicted molar refractivity (Wildman–Crippen MR) is 79.9 cm³/mol. The molecule has 0 saturated carbocycles. The Labute approximate surface area is 120 Å². The van der Waals surface area contributed by atoms with Gasteiger partial charge in [0.1, 0.15) is 5.75 Å². The van der Waals surface area contributed by atoms with Crippen LogP contribution in [-0.2, 0) is 4.79 Å². The lowest BCUT2D eigenvalue weighted by atomic mass is 9.99. The highest BCUT2D eigenvalue weighted by atomic mass is 16.5. The number of carbonyl (C=O) groups excluding carboxylic acids is 1. The number of aryl methyl sites for hydroxylation is 1. The van der Waals surface area contributed by atoms with Crippen LogP contribution in [0.5, 0.6) is 5.75 Å². The van der Waals surface area contributed by atoms with Gasteiger partial charge >= 0.3 is 0 Å². The van der Waals surface area contributed by atoms with Crippen molar-refractivity contribution in [3.05, 3.63) is 29.3 Å². The van der Waals surface area contributed by atoms with Gasteiger partial charge < -0.3 is 15.4 Å². The molecule has 4 nitrogen and oxygen atoms in total. The third-order valence-electron chi connectivity index (χ3n) is 4.07. The summed E-state index contributed by atoms with van der Waals surface area (Å²) in [5.74, 6) is 1.01. The molecule has 1 saturated heterocycles. The van der Waals surface area contributed by atoms with Gasteiger partial charge in [0.25, 0.3) is 0 Å². The highest BCUT2D eigenvalue weighted by molar-refractivity contribution is 5.80. The Bertz CT molecular complexity index is 487. The molecule has 1 fully saturated rings. The van der Waals surface area contributed by atoms with Crippen molar-refractivity contribution in [2.45, 2.75) is 39.3 Å². The molecule has 2 N–H and O–H groups in total. The van der Waals surface area contributed by atoms with Crippen molar-refractivity contribution in [2.75, 3.05) is 13.7 Å². The lowest BCUT2D eigenvalue weighted by molar-refractivity contribution is -0.125. The zero-order valence-electron chi connectivity index (χ0n) is 12.7. The van der Waals surface area contributed by atoms with Crippen LogP contribution in [0.3, 0.4) is 0 Å². The summed E-state index contributed by atoms with van der Waals surface area (Å²) in [6.07, 6.45) is 0.907. The summed E-state index contributed by atoms with van der Waals surface area (Å²) in [6.45, 7) is 7.03. The molecule has 1 aromatic carbocycles. The van der Waals surface area contributed by atoms with Gasteiger partial charge in [0, 0.05) is 11.6 Å². The van der Waals surface area contributed by atoms with E-state index >= 15 is 0 Å². The fourth-order valence-electron chi connectivity index (χ4n) is 2.81. The molecule has 0 radical (unpaired) electrons. The number of hydrogen-bond acceptors (Lipinski definition) is 3. The molecule has 1 aromatic rings. The van der Waals surface area contributed by atoms with Crippen LogP contribution in [0, 0.1) is 12.8 Å². The summed E-state index contributed by atoms with van der Waals surface area (Å²) < 4.78 is 5.39. The van der Waals surface area contributed by atoms with Crippen molar-refractivity contribution in [2.24, 2.45) is 5.92 Å². The summed E-state index contributed by atoms with van der Waals surface area (Å²) in [6, 6.07) is 6.24. The van der Waals surface area contributed by atoms with Crippen LogP contribution in [-0.4, -0.2) is 25.6 Å². The van der Waals surface area contributed by atoms with Gasteiger partial charge in [-0.25, -0.2) is 0 Å². The van der Waals surface area contributed by atoms with Crippen LogP contribution in [0.4, 0.5) is 0 Å². The Hall–Kier alpha value is -1.55. The van der Waals surface area contributed by atoms with Gasteiger partial charge in [0.2, 0.25) is 5.91 Å². The number of rotatable bonds is 4. The fourth-order valence-corrected chi connectivity index (χ4v) is 2.81. The van der Waals surface area contributed by atoms with Crippen molar-refractivity contribution < 1.29 is 9.53 Å². The summed E-state index contributed by atoms with van der Waals surface area (Å²) in [7, 11) is 1.66. The number of benzene rings is 1. The first-order valence-electron chi connectivity index (χ1n) is 7.21. The van der Waals surface area contributed by atoms with Gasteiger partial charge in [-0.1, -0.05) is 17.7 Å². The Morgan fingerprint density at radius 1 is 1.50 bits per heavy atom. The molecule has 1 heterocycles. The first kappa shape index (κ1) is 14.9. The smallest absolute Gasteiger partial charge is 0.225 e. The molecule has 20 heavy (non-hydrogen) atoms. The second-order valence-electron chi connectivity index (χ2n) is 5.61. The Morgan fingerprint density at radius 3 is 2.85 bits per heavy atom. The molecular formula is C16H24N2O2. The summed E-state index contributed by atoms with van der Waals surface area (Å²) in [4.78, 5) is 12.3. The van der Waals surface area contributed by atoms with Gasteiger partial charge in [-0.05, 0) is 39.8 Å². The Morgan fingerprint density at radius 2 is 2.25 bits per heavy atom. The number of carbonyl (C=O) groups is 1. The average molecular weight is 276 g/mol. The van der Waals surface area contributed by atoms with Crippen LogP contribution in [0.1, 0.15) is 37.4 Å². The molecule has 1 aliphatic rings. The maximum Gasteiger partial charge on any atom is 0.225 e. The van der Waals surface area contributed by atoms with Gasteiger partial charge in [-0.15, -0.1) is 0 Å². The van der Waals surface area contributed by atoms with Crippen molar-refractivity contribution in [1.29, 1.82) is 0 Å². The molecule has 1 aliphatic heterocycles. The minimum Gasteiger partial charge on any atom is -0.496 e. The molecule has 0 aromatic heterocycles. The zero-order valence-corrected chi connectivity index (χ0v) is 12.7. The second-order valence-corrected chi connectivity index (χ2v) is 5.61. The predicted octanol–water partition coefficient (Wildman–Crippen LogP) is 2.18. The maximum atomic E-state index is 12.3. The van der Waals surface area contributed by atoms with Gasteiger partial charge in [0.15, 0.2) is 0 Å². The highest BCUT2D eigenvalue weighted by Gasteiger charge is 2.30. The number of nitrogens with one attached hydrogen (secondary N) is 2. The SMILES string of the molecule is COc1ccc(C)cc1C(C)NC(=O)C1CCNC1C. The highest BCUT2D eigenvalue weighted by Crippen LogP contribution is 2.27. The normalized spacial score (nSPS) is 23.4. The largest absolute Gasteiger partial charge is 0.496 e. The van der Waals surface area contributed by atoms with Crippen molar-refractivity contribution in [3.8, 4) is 5.75 Å². The van der Waals surface area contributed by atoms with E-state index in [1.807, 2.05) is 26.0 Å². The zero-order chi connectivity index (χ0) is 14.7. The van der Waals surface area contributed by atoms with Gasteiger partial charge in [-0.2, -0.15) is 0 Å². The van der Waals surface area contributed by atoms with Crippen LogP contribution in [0.15, 0.2) is 18.2 Å². The molecule has 0 aliphatic carbocycles. The topological polar surface area (TPSA) is 50.4 Å². The van der Waals surface area contributed by atoms with E-state index in [-0.39, 0.29) is 23.9 Å². The molecule has 3 atom stereocenters. The van der Waals surface area contributed by atoms with Crippen LogP contribution >= 0.6 is 0 Å². The molecule has 1 amide bonds. The molecular weight excluding hydrogens is 252 g/mol. The molecule has 110 valence electrons. The average Bonchev–Trinajstić information content (AvgIpc) is 2.85. The molecule has 3 unspecified atom stereocenters. The van der Waals surface area contributed by atoms with E-state index in [4.69, 9.17) is 4.74 Å². The quantitative estimate of drug-likeness (QED) is 0.886. The number of amides is 1. The van der Waals surface area contributed by atoms with E-state index in [0.717, 1.165) is 29.8 Å². The number of methoxy groups -OCH3 is 1. The number of hydrogen-bond donors (Lipinski definition) is 2. The van der Waals surface area contributed by atoms with E-state index in [1.54, 1.807) is 7.11 Å². The van der Waals surface area contributed by atoms with E-state index in [9.17, 15) is 4.79 Å². The number of ether oxygens (including phenoxy) is 1. The van der Waals surface area contributed by atoms with E-state index < -0.39 is 0 Å². The maximum absolute atomic E-state index is 12.3. The third kappa shape index (κ3) is 3.12. The van der Waals surface area contributed by atoms with Crippen LogP contribution in [0.2, 0.25) is 0 Å². The van der Waals surface area contributed by atoms with E-state index in [2.05, 4.69) is 23.6 Å². The summed E-state index contributed by atoms with van der Waals surface area (Å²) in [5, 5.41) is 6.42. The van der Waals surface area contributed by atoms with Gasteiger partial charge in [0.05, 0.1) is 19.1 Å².